The SMILES string of the molecule is CCCCOc1ccc(-c2cc(C(=O)N/N=C/c3cccs3)[nH]n2)cc1. The average molecular weight is 368 g/mol. The largest absolute Gasteiger partial charge is 0.494 e. The maximum absolute atomic E-state index is 12.1. The summed E-state index contributed by atoms with van der Waals surface area (Å²) in [6, 6.07) is 13.2. The van der Waals surface area contributed by atoms with Crippen molar-refractivity contribution >= 4 is 23.5 Å². The van der Waals surface area contributed by atoms with E-state index in [4.69, 9.17) is 4.74 Å². The van der Waals surface area contributed by atoms with Crippen LogP contribution in [0.3, 0.4) is 0 Å². The Balaban J connectivity index is 1.59. The van der Waals surface area contributed by atoms with Gasteiger partial charge in [0.15, 0.2) is 0 Å². The van der Waals surface area contributed by atoms with Crippen LogP contribution in [0.25, 0.3) is 11.3 Å². The van der Waals surface area contributed by atoms with Gasteiger partial charge in [-0.2, -0.15) is 10.2 Å². The van der Waals surface area contributed by atoms with Crippen LogP contribution >= 0.6 is 11.3 Å². The number of ether oxygens (including phenoxy) is 1. The van der Waals surface area contributed by atoms with Crippen molar-refractivity contribution in [1.82, 2.24) is 15.6 Å². The lowest BCUT2D eigenvalue weighted by Gasteiger charge is -2.05. The molecule has 1 amide bonds. The van der Waals surface area contributed by atoms with Gasteiger partial charge >= 0.3 is 0 Å². The number of amides is 1. The summed E-state index contributed by atoms with van der Waals surface area (Å²) in [5, 5.41) is 12.8. The normalized spacial score (nSPS) is 11.0. The van der Waals surface area contributed by atoms with Crippen LogP contribution in [0.4, 0.5) is 0 Å². The third-order valence-electron chi connectivity index (χ3n) is 3.64. The van der Waals surface area contributed by atoms with E-state index in [-0.39, 0.29) is 5.91 Å². The number of hydrazone groups is 1. The topological polar surface area (TPSA) is 79.4 Å². The summed E-state index contributed by atoms with van der Waals surface area (Å²) in [6.07, 6.45) is 3.75. The van der Waals surface area contributed by atoms with Crippen LogP contribution < -0.4 is 10.2 Å². The number of carbonyl (C=O) groups excluding carboxylic acids is 1. The smallest absolute Gasteiger partial charge is 0.289 e. The highest BCUT2D eigenvalue weighted by atomic mass is 32.1. The highest BCUT2D eigenvalue weighted by Crippen LogP contribution is 2.21. The van der Waals surface area contributed by atoms with E-state index in [1.807, 2.05) is 41.8 Å². The van der Waals surface area contributed by atoms with Gasteiger partial charge in [0, 0.05) is 10.4 Å². The fraction of sp³-hybridized carbons (Fsp3) is 0.211. The molecular formula is C19H20N4O2S. The van der Waals surface area contributed by atoms with Crippen molar-refractivity contribution in [3.63, 3.8) is 0 Å². The molecule has 2 aromatic heterocycles. The van der Waals surface area contributed by atoms with Gasteiger partial charge < -0.3 is 4.74 Å². The third-order valence-corrected chi connectivity index (χ3v) is 4.45. The molecule has 0 aliphatic carbocycles. The van der Waals surface area contributed by atoms with Crippen LogP contribution in [0, 0.1) is 0 Å². The van der Waals surface area contributed by atoms with Gasteiger partial charge in [-0.1, -0.05) is 19.4 Å². The number of nitrogens with zero attached hydrogens (tertiary/aromatic N) is 2. The number of carbonyl (C=O) groups is 1. The van der Waals surface area contributed by atoms with Gasteiger partial charge in [0.1, 0.15) is 11.4 Å². The number of hydrogen-bond donors (Lipinski definition) is 2. The third kappa shape index (κ3) is 4.80. The Morgan fingerprint density at radius 3 is 2.92 bits per heavy atom. The van der Waals surface area contributed by atoms with Gasteiger partial charge in [0.05, 0.1) is 18.5 Å². The molecule has 0 bridgehead atoms. The molecule has 134 valence electrons. The molecule has 0 radical (unpaired) electrons. The molecule has 0 aliphatic heterocycles. The number of aromatic nitrogens is 2. The minimum Gasteiger partial charge on any atom is -0.494 e. The summed E-state index contributed by atoms with van der Waals surface area (Å²) in [4.78, 5) is 13.1. The first-order valence-electron chi connectivity index (χ1n) is 8.42. The highest BCUT2D eigenvalue weighted by Gasteiger charge is 2.10. The number of benzene rings is 1. The number of aromatic amines is 1. The molecule has 26 heavy (non-hydrogen) atoms. The lowest BCUT2D eigenvalue weighted by Crippen LogP contribution is -2.17. The zero-order valence-electron chi connectivity index (χ0n) is 14.4. The molecule has 6 nitrogen and oxygen atoms in total. The molecule has 0 spiro atoms. The lowest BCUT2D eigenvalue weighted by molar-refractivity contribution is 0.0950. The molecular weight excluding hydrogens is 348 g/mol. The summed E-state index contributed by atoms with van der Waals surface area (Å²) in [7, 11) is 0. The maximum atomic E-state index is 12.1. The first-order chi connectivity index (χ1) is 12.8. The number of thiophene rings is 1. The number of unbranched alkanes of at least 4 members (excludes halogenated alkanes) is 1. The lowest BCUT2D eigenvalue weighted by atomic mass is 10.1. The second-order valence-electron chi connectivity index (χ2n) is 5.61. The quantitative estimate of drug-likeness (QED) is 0.357. The minimum atomic E-state index is -0.337. The van der Waals surface area contributed by atoms with Crippen molar-refractivity contribution in [3.8, 4) is 17.0 Å². The van der Waals surface area contributed by atoms with Gasteiger partial charge in [-0.25, -0.2) is 5.43 Å². The van der Waals surface area contributed by atoms with Gasteiger partial charge in [0.25, 0.3) is 5.91 Å². The van der Waals surface area contributed by atoms with Crippen LogP contribution in [0.2, 0.25) is 0 Å². The zero-order chi connectivity index (χ0) is 18.2. The van der Waals surface area contributed by atoms with E-state index in [0.717, 1.165) is 29.0 Å². The molecule has 1 aromatic carbocycles. The van der Waals surface area contributed by atoms with E-state index in [9.17, 15) is 4.79 Å². The van der Waals surface area contributed by atoms with Gasteiger partial charge in [-0.15, -0.1) is 11.3 Å². The van der Waals surface area contributed by atoms with Crippen molar-refractivity contribution in [2.24, 2.45) is 5.10 Å². The van der Waals surface area contributed by atoms with Crippen molar-refractivity contribution in [2.45, 2.75) is 19.8 Å². The average Bonchev–Trinajstić information content (AvgIpc) is 3.34. The summed E-state index contributed by atoms with van der Waals surface area (Å²) in [5.74, 6) is 0.495. The Bertz CT molecular complexity index is 854. The predicted octanol–water partition coefficient (Wildman–Crippen LogP) is 4.08. The number of hydrogen-bond acceptors (Lipinski definition) is 5. The summed E-state index contributed by atoms with van der Waals surface area (Å²) >= 11 is 1.55. The Labute approximate surface area is 155 Å². The Hall–Kier alpha value is -2.93. The number of rotatable bonds is 8. The van der Waals surface area contributed by atoms with Crippen LogP contribution in [0.15, 0.2) is 52.9 Å². The molecule has 0 atom stereocenters. The van der Waals surface area contributed by atoms with Crippen molar-refractivity contribution < 1.29 is 9.53 Å². The van der Waals surface area contributed by atoms with E-state index < -0.39 is 0 Å². The molecule has 2 N–H and O–H groups in total. The second kappa shape index (κ2) is 8.96. The molecule has 0 fully saturated rings. The van der Waals surface area contributed by atoms with E-state index in [0.29, 0.717) is 18.0 Å². The zero-order valence-corrected chi connectivity index (χ0v) is 15.3. The number of H-pyrrole nitrogens is 1. The Morgan fingerprint density at radius 1 is 1.35 bits per heavy atom. The summed E-state index contributed by atoms with van der Waals surface area (Å²) in [5.41, 5.74) is 4.44. The monoisotopic (exact) mass is 368 g/mol. The predicted molar refractivity (Wildman–Crippen MR) is 104 cm³/mol. The Kier molecular flexibility index (Phi) is 6.16. The van der Waals surface area contributed by atoms with Crippen molar-refractivity contribution in [3.05, 3.63) is 58.4 Å². The summed E-state index contributed by atoms with van der Waals surface area (Å²) in [6.45, 7) is 2.85. The molecule has 3 rings (SSSR count). The summed E-state index contributed by atoms with van der Waals surface area (Å²) < 4.78 is 5.65. The number of nitrogens with one attached hydrogen (secondary N) is 2. The highest BCUT2D eigenvalue weighted by molar-refractivity contribution is 7.11. The first-order valence-corrected chi connectivity index (χ1v) is 9.30. The molecule has 2 heterocycles. The van der Waals surface area contributed by atoms with Crippen LogP contribution in [-0.4, -0.2) is 28.9 Å². The fourth-order valence-corrected chi connectivity index (χ4v) is 2.81. The van der Waals surface area contributed by atoms with Crippen molar-refractivity contribution in [1.29, 1.82) is 0 Å². The molecule has 0 saturated carbocycles. The molecule has 3 aromatic rings. The van der Waals surface area contributed by atoms with Gasteiger partial charge in [-0.05, 0) is 48.2 Å². The van der Waals surface area contributed by atoms with E-state index in [1.165, 1.54) is 0 Å². The minimum absolute atomic E-state index is 0.337. The molecule has 0 aliphatic rings. The Morgan fingerprint density at radius 2 is 2.19 bits per heavy atom. The fourth-order valence-electron chi connectivity index (χ4n) is 2.22. The van der Waals surface area contributed by atoms with E-state index in [1.54, 1.807) is 23.6 Å². The van der Waals surface area contributed by atoms with Crippen LogP contribution in [-0.2, 0) is 0 Å². The molecule has 0 unspecified atom stereocenters. The second-order valence-corrected chi connectivity index (χ2v) is 6.59. The van der Waals surface area contributed by atoms with E-state index in [2.05, 4.69) is 27.6 Å². The van der Waals surface area contributed by atoms with Crippen LogP contribution in [0.1, 0.15) is 35.1 Å². The van der Waals surface area contributed by atoms with Gasteiger partial charge in [-0.3, -0.25) is 9.89 Å². The van der Waals surface area contributed by atoms with Crippen molar-refractivity contribution in [2.75, 3.05) is 6.61 Å². The first kappa shape index (κ1) is 17.9. The van der Waals surface area contributed by atoms with Gasteiger partial charge in [0.2, 0.25) is 0 Å². The standard InChI is InChI=1S/C19H20N4O2S/c1-2-3-10-25-15-8-6-14(7-9-15)17-12-18(22-21-17)19(24)23-20-13-16-5-4-11-26-16/h4-9,11-13H,2-3,10H2,1H3,(H,21,22)(H,23,24)/b20-13+. The van der Waals surface area contributed by atoms with Crippen LogP contribution in [0.5, 0.6) is 5.75 Å². The maximum Gasteiger partial charge on any atom is 0.289 e. The molecule has 0 saturated heterocycles. The van der Waals surface area contributed by atoms with E-state index >= 15 is 0 Å². The molecule has 7 heteroatoms.